The molecule has 3 aromatic carbocycles. The lowest BCUT2D eigenvalue weighted by Gasteiger charge is -2.32. The first-order chi connectivity index (χ1) is 26.7. The maximum atomic E-state index is 11.9. The predicted molar refractivity (Wildman–Crippen MR) is 237 cm³/mol. The summed E-state index contributed by atoms with van der Waals surface area (Å²) in [7, 11) is 0.146. The van der Waals surface area contributed by atoms with Crippen LogP contribution >= 0.6 is 7.26 Å². The Morgan fingerprint density at radius 2 is 1.04 bits per heavy atom. The van der Waals surface area contributed by atoms with Crippen molar-refractivity contribution in [3.8, 4) is 0 Å². The molecule has 2 aliphatic heterocycles. The molecule has 2 aliphatic rings. The Bertz CT molecular complexity index is 1460. The topological polar surface area (TPSA) is 68.3 Å². The van der Waals surface area contributed by atoms with Gasteiger partial charge in [-0.2, -0.15) is 0 Å². The van der Waals surface area contributed by atoms with E-state index in [1.807, 2.05) is 46.4 Å². The average molecular weight is 868 g/mol. The highest BCUT2D eigenvalue weighted by molar-refractivity contribution is 7.95. The lowest BCUT2D eigenvalue weighted by atomic mass is 9.96. The third-order valence-corrected chi connectivity index (χ3v) is 14.4. The van der Waals surface area contributed by atoms with Gasteiger partial charge < -0.3 is 41.0 Å². The van der Waals surface area contributed by atoms with Gasteiger partial charge in [-0.3, -0.25) is 0 Å². The summed E-state index contributed by atoms with van der Waals surface area (Å²) in [5.74, 6) is 0.634. The highest BCUT2D eigenvalue weighted by Gasteiger charge is 2.44. The fraction of sp³-hybridized carbons (Fsp3) is 0.542. The highest BCUT2D eigenvalue weighted by atomic mass is 79.9. The minimum atomic E-state index is -1.57. The Morgan fingerprint density at radius 3 is 1.37 bits per heavy atom. The number of benzene rings is 3. The van der Waals surface area contributed by atoms with Crippen molar-refractivity contribution in [1.82, 2.24) is 9.80 Å². The fourth-order valence-electron chi connectivity index (χ4n) is 6.93. The van der Waals surface area contributed by atoms with Crippen LogP contribution in [-0.4, -0.2) is 78.7 Å². The van der Waals surface area contributed by atoms with E-state index < -0.39 is 18.5 Å². The number of allylic oxidation sites excluding steroid dienone is 2. The third kappa shape index (κ3) is 17.3. The van der Waals surface area contributed by atoms with Gasteiger partial charge in [0, 0.05) is 33.3 Å². The van der Waals surface area contributed by atoms with E-state index in [9.17, 15) is 9.59 Å². The molecule has 7 nitrogen and oxygen atoms in total. The first-order valence-corrected chi connectivity index (χ1v) is 22.9. The highest BCUT2D eigenvalue weighted by Crippen LogP contribution is 2.55. The molecular weight excluding hydrogens is 795 g/mol. The number of carbonyl (C=O) groups excluding carboxylic acids is 2. The van der Waals surface area contributed by atoms with Crippen LogP contribution in [0.4, 0.5) is 9.59 Å². The normalized spacial score (nSPS) is 15.4. The van der Waals surface area contributed by atoms with Crippen LogP contribution in [0.2, 0.25) is 0 Å². The molecule has 57 heavy (non-hydrogen) atoms. The predicted octanol–water partition coefficient (Wildman–Crippen LogP) is 7.81. The van der Waals surface area contributed by atoms with Crippen molar-refractivity contribution >= 4 is 35.4 Å². The summed E-state index contributed by atoms with van der Waals surface area (Å²) < 4.78 is 15.9. The summed E-state index contributed by atoms with van der Waals surface area (Å²) in [5, 5.41) is 4.47. The van der Waals surface area contributed by atoms with Gasteiger partial charge in [0.25, 0.3) is 0 Å². The van der Waals surface area contributed by atoms with Crippen LogP contribution in [0.25, 0.3) is 0 Å². The lowest BCUT2D eigenvalue weighted by Crippen LogP contribution is -3.00. The number of hydrogen-bond donors (Lipinski definition) is 0. The summed E-state index contributed by atoms with van der Waals surface area (Å²) >= 11 is 0. The van der Waals surface area contributed by atoms with Crippen LogP contribution in [0.1, 0.15) is 107 Å². The van der Waals surface area contributed by atoms with Crippen LogP contribution in [0.3, 0.4) is 0 Å². The van der Waals surface area contributed by atoms with Crippen LogP contribution in [0, 0.1) is 5.92 Å². The van der Waals surface area contributed by atoms with Crippen LogP contribution in [-0.2, 0) is 14.2 Å². The number of hydrogen-bond acceptors (Lipinski definition) is 5. The van der Waals surface area contributed by atoms with Gasteiger partial charge in [-0.1, -0.05) is 93.4 Å². The van der Waals surface area contributed by atoms with E-state index in [-0.39, 0.29) is 29.2 Å². The number of nitrogens with zero attached hydrogens (tertiary/aromatic N) is 2. The molecule has 5 rings (SSSR count). The van der Waals surface area contributed by atoms with Crippen molar-refractivity contribution in [2.24, 2.45) is 5.92 Å². The standard InChI is InChI=1S/C22H24P.C15H27NO2.C11H21NO3.BrH/c1-2-3-19-23(20-13-7-4-8-14-20,21-15-9-5-10-16-21)22-17-11-6-12-18-22;1-5-6-7-8-13-9-11-16(12-10-13)14(17)18-15(2,3)4;1-11(2,3)15-10(13)12-7-5-9(14-4)6-8-12;/h4-18H,2-3,19H2,1H3;7-8,13H,5-6,9-12H2,1-4H3;9H,5-8H2,1-4H3;1H/q+1;;;/p-1/b;8-7-;;. The smallest absolute Gasteiger partial charge is 0.410 e. The Hall–Kier alpha value is -3.19. The molecule has 2 heterocycles. The lowest BCUT2D eigenvalue weighted by molar-refractivity contribution is -0.000474. The number of carbonyl (C=O) groups is 2. The van der Waals surface area contributed by atoms with Crippen LogP contribution in [0.5, 0.6) is 0 Å². The number of unbranched alkanes of at least 4 members (excludes halogenated alkanes) is 2. The molecule has 0 unspecified atom stereocenters. The van der Waals surface area contributed by atoms with Gasteiger partial charge in [-0.05, 0) is 122 Å². The quantitative estimate of drug-likeness (QED) is 0.154. The first kappa shape index (κ1) is 50.0. The second kappa shape index (κ2) is 25.3. The van der Waals surface area contributed by atoms with E-state index in [0.29, 0.717) is 12.0 Å². The van der Waals surface area contributed by atoms with E-state index in [4.69, 9.17) is 14.2 Å². The van der Waals surface area contributed by atoms with Crippen molar-refractivity contribution in [2.45, 2.75) is 124 Å². The molecule has 0 atom stereocenters. The summed E-state index contributed by atoms with van der Waals surface area (Å²) in [6, 6.07) is 33.4. The molecule has 0 bridgehead atoms. The summed E-state index contributed by atoms with van der Waals surface area (Å²) in [5.41, 5.74) is -0.801. The second-order valence-electron chi connectivity index (χ2n) is 16.8. The maximum absolute atomic E-state index is 11.9. The van der Waals surface area contributed by atoms with Gasteiger partial charge in [0.05, 0.1) is 12.3 Å². The summed E-state index contributed by atoms with van der Waals surface area (Å²) in [4.78, 5) is 27.1. The molecule has 0 N–H and O–H groups in total. The summed E-state index contributed by atoms with van der Waals surface area (Å²) in [6.45, 7) is 18.9. The number of ether oxygens (including phenoxy) is 3. The minimum Gasteiger partial charge on any atom is -1.00 e. The van der Waals surface area contributed by atoms with Crippen molar-refractivity contribution < 1.29 is 40.8 Å². The van der Waals surface area contributed by atoms with Crippen LogP contribution in [0.15, 0.2) is 103 Å². The Kier molecular flexibility index (Phi) is 22.2. The van der Waals surface area contributed by atoms with E-state index in [1.165, 1.54) is 41.3 Å². The molecule has 9 heteroatoms. The van der Waals surface area contributed by atoms with Crippen molar-refractivity contribution in [3.05, 3.63) is 103 Å². The monoisotopic (exact) mass is 866 g/mol. The molecule has 2 fully saturated rings. The molecule has 0 aliphatic carbocycles. The number of likely N-dealkylation sites (tertiary alicyclic amines) is 2. The first-order valence-electron chi connectivity index (χ1n) is 20.9. The zero-order chi connectivity index (χ0) is 41.0. The van der Waals surface area contributed by atoms with Crippen molar-refractivity contribution in [1.29, 1.82) is 0 Å². The summed E-state index contributed by atoms with van der Waals surface area (Å²) in [6.07, 6.45) is 14.5. The molecule has 316 valence electrons. The largest absolute Gasteiger partial charge is 1.00 e. The zero-order valence-corrected chi connectivity index (χ0v) is 38.9. The van der Waals surface area contributed by atoms with Gasteiger partial charge in [0.1, 0.15) is 34.4 Å². The van der Waals surface area contributed by atoms with E-state index in [2.05, 4.69) is 117 Å². The number of piperidine rings is 2. The van der Waals surface area contributed by atoms with E-state index in [0.717, 1.165) is 58.3 Å². The zero-order valence-electron chi connectivity index (χ0n) is 36.4. The van der Waals surface area contributed by atoms with Crippen molar-refractivity contribution in [2.75, 3.05) is 39.5 Å². The van der Waals surface area contributed by atoms with Gasteiger partial charge in [-0.15, -0.1) is 0 Å². The Balaban J connectivity index is 0.000000300. The molecule has 0 saturated carbocycles. The number of rotatable bonds is 10. The van der Waals surface area contributed by atoms with Gasteiger partial charge in [0.15, 0.2) is 0 Å². The van der Waals surface area contributed by atoms with Crippen LogP contribution < -0.4 is 32.9 Å². The number of methoxy groups -OCH3 is 1. The van der Waals surface area contributed by atoms with Gasteiger partial charge >= 0.3 is 12.2 Å². The molecule has 0 spiro atoms. The van der Waals surface area contributed by atoms with E-state index in [1.54, 1.807) is 12.0 Å². The molecule has 0 aromatic heterocycles. The molecule has 2 amide bonds. The molecule has 3 aromatic rings. The molecular formula is C48H72BrN2O5P. The molecule has 2 saturated heterocycles. The van der Waals surface area contributed by atoms with Crippen molar-refractivity contribution in [3.63, 3.8) is 0 Å². The second-order valence-corrected chi connectivity index (χ2v) is 20.4. The molecule has 0 radical (unpaired) electrons. The van der Waals surface area contributed by atoms with Gasteiger partial charge in [0.2, 0.25) is 0 Å². The SMILES string of the molecule is CCC/C=C\C1CCN(C(=O)OC(C)(C)C)CC1.CCCC[P+](c1ccccc1)(c1ccccc1)c1ccccc1.COC1CCN(C(=O)OC(C)(C)C)CC1.[Br-]. The van der Waals surface area contributed by atoms with E-state index >= 15 is 0 Å². The number of amides is 2. The number of halogens is 1. The Morgan fingerprint density at radius 1 is 0.649 bits per heavy atom. The fourth-order valence-corrected chi connectivity index (χ4v) is 11.4. The third-order valence-electron chi connectivity index (χ3n) is 9.92. The Labute approximate surface area is 357 Å². The van der Waals surface area contributed by atoms with Gasteiger partial charge in [-0.25, -0.2) is 9.59 Å². The maximum Gasteiger partial charge on any atom is 0.410 e. The average Bonchev–Trinajstić information content (AvgIpc) is 3.19. The minimum absolute atomic E-state index is 0.